The van der Waals surface area contributed by atoms with Gasteiger partial charge >= 0.3 is 0 Å². The summed E-state index contributed by atoms with van der Waals surface area (Å²) >= 11 is 0. The summed E-state index contributed by atoms with van der Waals surface area (Å²) in [5.74, 6) is -1.37. The molecule has 0 aliphatic rings. The van der Waals surface area contributed by atoms with Gasteiger partial charge in [-0.15, -0.1) is 0 Å². The molecular formula is C14H13N7O2. The minimum Gasteiger partial charge on any atom is -0.364 e. The molecule has 1 aromatic carbocycles. The Morgan fingerprint density at radius 3 is 2.74 bits per heavy atom. The first-order valence-electron chi connectivity index (χ1n) is 6.51. The molecule has 1 heterocycles. The first kappa shape index (κ1) is 15.7. The summed E-state index contributed by atoms with van der Waals surface area (Å²) < 4.78 is 0. The van der Waals surface area contributed by atoms with Crippen molar-refractivity contribution in [1.82, 2.24) is 15.3 Å². The third-order valence-corrected chi connectivity index (χ3v) is 2.78. The largest absolute Gasteiger partial charge is 0.364 e. The number of rotatable bonds is 6. The Morgan fingerprint density at radius 2 is 2.09 bits per heavy atom. The van der Waals surface area contributed by atoms with Gasteiger partial charge in [0.25, 0.3) is 11.8 Å². The van der Waals surface area contributed by atoms with Crippen molar-refractivity contribution in [3.8, 4) is 6.07 Å². The molecule has 2 aromatic rings. The number of benzene rings is 1. The summed E-state index contributed by atoms with van der Waals surface area (Å²) in [4.78, 5) is 29.3. The van der Waals surface area contributed by atoms with Gasteiger partial charge in [-0.2, -0.15) is 10.4 Å². The van der Waals surface area contributed by atoms with E-state index in [-0.39, 0.29) is 18.1 Å². The number of nitrogens with one attached hydrogen (secondary N) is 3. The van der Waals surface area contributed by atoms with Crippen LogP contribution in [0.2, 0.25) is 0 Å². The van der Waals surface area contributed by atoms with Gasteiger partial charge in [0.05, 0.1) is 6.33 Å². The minimum absolute atomic E-state index is 0.00395. The third kappa shape index (κ3) is 4.15. The van der Waals surface area contributed by atoms with Crippen molar-refractivity contribution in [2.24, 2.45) is 10.8 Å². The van der Waals surface area contributed by atoms with E-state index in [1.165, 1.54) is 6.33 Å². The molecule has 0 fully saturated rings. The zero-order chi connectivity index (χ0) is 16.7. The quantitative estimate of drug-likeness (QED) is 0.441. The van der Waals surface area contributed by atoms with Gasteiger partial charge in [0, 0.05) is 6.54 Å². The maximum absolute atomic E-state index is 11.9. The number of amides is 2. The second-order valence-corrected chi connectivity index (χ2v) is 4.34. The number of aromatic amines is 1. The SMILES string of the molecule is N#CC(=NNc1nc[nH]c1C(N)=O)C(=O)NCc1ccccc1. The van der Waals surface area contributed by atoms with Gasteiger partial charge in [-0.1, -0.05) is 30.3 Å². The molecule has 9 nitrogen and oxygen atoms in total. The van der Waals surface area contributed by atoms with Crippen LogP contribution in [0.5, 0.6) is 0 Å². The lowest BCUT2D eigenvalue weighted by atomic mass is 10.2. The molecule has 0 radical (unpaired) electrons. The normalized spacial score (nSPS) is 10.7. The van der Waals surface area contributed by atoms with Crippen molar-refractivity contribution in [3.63, 3.8) is 0 Å². The van der Waals surface area contributed by atoms with Crippen LogP contribution in [0.15, 0.2) is 41.8 Å². The molecule has 2 rings (SSSR count). The first-order chi connectivity index (χ1) is 11.1. The number of imidazole rings is 1. The second kappa shape index (κ2) is 7.37. The van der Waals surface area contributed by atoms with Crippen LogP contribution >= 0.6 is 0 Å². The lowest BCUT2D eigenvalue weighted by Gasteiger charge is -2.04. The number of nitrogens with zero attached hydrogens (tertiary/aromatic N) is 3. The number of H-pyrrole nitrogens is 1. The van der Waals surface area contributed by atoms with Crippen molar-refractivity contribution in [1.29, 1.82) is 5.26 Å². The van der Waals surface area contributed by atoms with E-state index in [4.69, 9.17) is 11.0 Å². The Labute approximate surface area is 131 Å². The fraction of sp³-hybridized carbons (Fsp3) is 0.0714. The zero-order valence-corrected chi connectivity index (χ0v) is 11.9. The summed E-state index contributed by atoms with van der Waals surface area (Å²) in [6, 6.07) is 10.9. The topological polar surface area (TPSA) is 149 Å². The van der Waals surface area contributed by atoms with Gasteiger partial charge in [0.1, 0.15) is 11.8 Å². The van der Waals surface area contributed by atoms with Crippen LogP contribution in [0.25, 0.3) is 0 Å². The van der Waals surface area contributed by atoms with Crippen molar-refractivity contribution in [2.45, 2.75) is 6.54 Å². The van der Waals surface area contributed by atoms with E-state index in [2.05, 4.69) is 25.8 Å². The Kier molecular flexibility index (Phi) is 5.04. The molecule has 23 heavy (non-hydrogen) atoms. The van der Waals surface area contributed by atoms with E-state index < -0.39 is 17.5 Å². The zero-order valence-electron chi connectivity index (χ0n) is 11.9. The molecule has 0 saturated heterocycles. The average Bonchev–Trinajstić information content (AvgIpc) is 3.03. The highest BCUT2D eigenvalue weighted by Crippen LogP contribution is 2.08. The molecule has 0 aliphatic heterocycles. The number of nitriles is 1. The summed E-state index contributed by atoms with van der Waals surface area (Å²) in [7, 11) is 0. The number of nitrogens with two attached hydrogens (primary N) is 1. The van der Waals surface area contributed by atoms with E-state index in [1.807, 2.05) is 30.3 Å². The van der Waals surface area contributed by atoms with Crippen molar-refractivity contribution in [2.75, 3.05) is 5.43 Å². The molecule has 0 bridgehead atoms. The molecule has 9 heteroatoms. The van der Waals surface area contributed by atoms with Gasteiger partial charge < -0.3 is 16.0 Å². The first-order valence-corrected chi connectivity index (χ1v) is 6.51. The van der Waals surface area contributed by atoms with Crippen LogP contribution in [0.1, 0.15) is 16.1 Å². The maximum atomic E-state index is 11.9. The number of primary amides is 1. The monoisotopic (exact) mass is 311 g/mol. The summed E-state index contributed by atoms with van der Waals surface area (Å²) in [6.07, 6.45) is 1.24. The average molecular weight is 311 g/mol. The van der Waals surface area contributed by atoms with E-state index >= 15 is 0 Å². The van der Waals surface area contributed by atoms with E-state index in [0.717, 1.165) is 5.56 Å². The van der Waals surface area contributed by atoms with Crippen LogP contribution < -0.4 is 16.5 Å². The smallest absolute Gasteiger partial charge is 0.282 e. The Balaban J connectivity index is 2.01. The maximum Gasteiger partial charge on any atom is 0.282 e. The minimum atomic E-state index is -0.743. The predicted octanol–water partition coefficient (Wildman–Crippen LogP) is 0.116. The van der Waals surface area contributed by atoms with Crippen LogP contribution in [0, 0.1) is 11.3 Å². The Hall–Kier alpha value is -3.67. The fourth-order valence-electron chi connectivity index (χ4n) is 1.66. The highest BCUT2D eigenvalue weighted by molar-refractivity contribution is 6.45. The molecule has 1 aromatic heterocycles. The molecule has 0 atom stereocenters. The molecule has 0 unspecified atom stereocenters. The lowest BCUT2D eigenvalue weighted by Crippen LogP contribution is -2.30. The number of hydrogen-bond donors (Lipinski definition) is 4. The number of carbonyl (C=O) groups excluding carboxylic acids is 2. The molecule has 2 amide bonds. The van der Waals surface area contributed by atoms with Crippen molar-refractivity contribution in [3.05, 3.63) is 47.9 Å². The summed E-state index contributed by atoms with van der Waals surface area (Å²) in [5.41, 5.74) is 7.97. The van der Waals surface area contributed by atoms with E-state index in [9.17, 15) is 9.59 Å². The standard InChI is InChI=1S/C14H13N7O2/c15-6-10(14(23)17-7-9-4-2-1-3-5-9)20-21-13-11(12(16)22)18-8-19-13/h1-5,8,21H,7H2,(H2,16,22)(H,17,23)(H,18,19). The molecule has 0 aliphatic carbocycles. The summed E-state index contributed by atoms with van der Waals surface area (Å²) in [5, 5.41) is 15.2. The van der Waals surface area contributed by atoms with Gasteiger partial charge in [0.15, 0.2) is 5.82 Å². The van der Waals surface area contributed by atoms with Crippen molar-refractivity contribution < 1.29 is 9.59 Å². The van der Waals surface area contributed by atoms with Crippen LogP contribution in [-0.4, -0.2) is 27.5 Å². The van der Waals surface area contributed by atoms with Crippen molar-refractivity contribution >= 4 is 23.3 Å². The molecular weight excluding hydrogens is 298 g/mol. The Bertz CT molecular complexity index is 774. The Morgan fingerprint density at radius 1 is 1.35 bits per heavy atom. The van der Waals surface area contributed by atoms with Crippen LogP contribution in [0.3, 0.4) is 0 Å². The van der Waals surface area contributed by atoms with E-state index in [0.29, 0.717) is 0 Å². The molecule has 5 N–H and O–H groups in total. The molecule has 0 spiro atoms. The van der Waals surface area contributed by atoms with E-state index in [1.54, 1.807) is 6.07 Å². The predicted molar refractivity (Wildman–Crippen MR) is 82.1 cm³/mol. The highest BCUT2D eigenvalue weighted by Gasteiger charge is 2.13. The van der Waals surface area contributed by atoms with Gasteiger partial charge in [0.2, 0.25) is 5.71 Å². The third-order valence-electron chi connectivity index (χ3n) is 2.78. The molecule has 0 saturated carbocycles. The van der Waals surface area contributed by atoms with Gasteiger partial charge in [-0.05, 0) is 5.56 Å². The lowest BCUT2D eigenvalue weighted by molar-refractivity contribution is -0.114. The van der Waals surface area contributed by atoms with Gasteiger partial charge in [-0.3, -0.25) is 15.0 Å². The van der Waals surface area contributed by atoms with Crippen LogP contribution in [0.4, 0.5) is 5.82 Å². The highest BCUT2D eigenvalue weighted by atomic mass is 16.2. The summed E-state index contributed by atoms with van der Waals surface area (Å²) in [6.45, 7) is 0.259. The number of anilines is 1. The number of carbonyl (C=O) groups is 2. The van der Waals surface area contributed by atoms with Crippen LogP contribution in [-0.2, 0) is 11.3 Å². The fourth-order valence-corrected chi connectivity index (χ4v) is 1.66. The number of aromatic nitrogens is 2. The number of hydrogen-bond acceptors (Lipinski definition) is 6. The second-order valence-electron chi connectivity index (χ2n) is 4.34. The number of hydrazone groups is 1. The molecule has 116 valence electrons. The van der Waals surface area contributed by atoms with Gasteiger partial charge in [-0.25, -0.2) is 4.98 Å².